The Balaban J connectivity index is 1.79. The van der Waals surface area contributed by atoms with Gasteiger partial charge in [0.1, 0.15) is 0 Å². The predicted molar refractivity (Wildman–Crippen MR) is 82.1 cm³/mol. The van der Waals surface area contributed by atoms with Crippen molar-refractivity contribution in [1.29, 1.82) is 0 Å². The first kappa shape index (κ1) is 12.8. The molecule has 104 valence electrons. The van der Waals surface area contributed by atoms with Gasteiger partial charge in [0.2, 0.25) is 0 Å². The minimum atomic E-state index is 0.717. The second-order valence-electron chi connectivity index (χ2n) is 6.16. The number of fused-ring (bicyclic) bond motifs is 2. The van der Waals surface area contributed by atoms with Crippen molar-refractivity contribution in [3.63, 3.8) is 0 Å². The molecule has 0 aliphatic carbocycles. The summed E-state index contributed by atoms with van der Waals surface area (Å²) in [4.78, 5) is 4.83. The van der Waals surface area contributed by atoms with Crippen LogP contribution in [0.5, 0.6) is 0 Å². The summed E-state index contributed by atoms with van der Waals surface area (Å²) in [5, 5.41) is 3.47. The summed E-state index contributed by atoms with van der Waals surface area (Å²) < 4.78 is 0. The zero-order valence-electron chi connectivity index (χ0n) is 12.3. The molecule has 2 atom stereocenters. The molecular weight excluding hydrogens is 234 g/mol. The molecule has 19 heavy (non-hydrogen) atoms. The van der Waals surface area contributed by atoms with E-state index in [0.29, 0.717) is 0 Å². The van der Waals surface area contributed by atoms with Crippen LogP contribution in [0.25, 0.3) is 0 Å². The van der Waals surface area contributed by atoms with E-state index in [1.165, 1.54) is 37.1 Å². The number of piperidine rings is 1. The maximum Gasteiger partial charge on any atom is 0.0372 e. The molecule has 0 spiro atoms. The molecule has 0 amide bonds. The van der Waals surface area contributed by atoms with E-state index >= 15 is 0 Å². The molecule has 1 N–H and O–H groups in total. The molecule has 2 unspecified atom stereocenters. The molecule has 3 nitrogen and oxygen atoms in total. The Morgan fingerprint density at radius 3 is 2.11 bits per heavy atom. The molecule has 0 radical (unpaired) electrons. The average Bonchev–Trinajstić information content (AvgIpc) is 2.69. The van der Waals surface area contributed by atoms with Gasteiger partial charge in [-0.1, -0.05) is 0 Å². The smallest absolute Gasteiger partial charge is 0.0372 e. The van der Waals surface area contributed by atoms with E-state index in [-0.39, 0.29) is 0 Å². The molecule has 2 aliphatic heterocycles. The van der Waals surface area contributed by atoms with Gasteiger partial charge in [0.05, 0.1) is 0 Å². The molecule has 0 aromatic heterocycles. The summed E-state index contributed by atoms with van der Waals surface area (Å²) in [7, 11) is 6.29. The highest BCUT2D eigenvalue weighted by molar-refractivity contribution is 5.57. The highest BCUT2D eigenvalue weighted by Crippen LogP contribution is 2.39. The molecule has 2 aliphatic rings. The third kappa shape index (κ3) is 2.32. The van der Waals surface area contributed by atoms with Gasteiger partial charge in [-0.05, 0) is 57.0 Å². The Labute approximate surface area is 116 Å². The van der Waals surface area contributed by atoms with E-state index in [1.807, 2.05) is 0 Å². The molecule has 2 bridgehead atoms. The van der Waals surface area contributed by atoms with Gasteiger partial charge >= 0.3 is 0 Å². The second kappa shape index (κ2) is 5.04. The molecule has 2 fully saturated rings. The van der Waals surface area contributed by atoms with Gasteiger partial charge in [0.25, 0.3) is 0 Å². The van der Waals surface area contributed by atoms with E-state index in [9.17, 15) is 0 Å². The summed E-state index contributed by atoms with van der Waals surface area (Å²) in [5.74, 6) is 0. The fraction of sp³-hybridized carbons (Fsp3) is 0.625. The highest BCUT2D eigenvalue weighted by Gasteiger charge is 2.40. The van der Waals surface area contributed by atoms with E-state index in [0.717, 1.165) is 18.1 Å². The van der Waals surface area contributed by atoms with E-state index < -0.39 is 0 Å². The van der Waals surface area contributed by atoms with E-state index in [4.69, 9.17) is 0 Å². The van der Waals surface area contributed by atoms with Gasteiger partial charge < -0.3 is 15.1 Å². The van der Waals surface area contributed by atoms with Gasteiger partial charge in [-0.25, -0.2) is 0 Å². The van der Waals surface area contributed by atoms with Crippen LogP contribution in [0.4, 0.5) is 11.4 Å². The van der Waals surface area contributed by atoms with Gasteiger partial charge in [-0.3, -0.25) is 0 Å². The molecule has 1 aromatic rings. The third-order valence-corrected chi connectivity index (χ3v) is 4.81. The van der Waals surface area contributed by atoms with Gasteiger partial charge in [0, 0.05) is 43.6 Å². The number of hydrogen-bond donors (Lipinski definition) is 1. The van der Waals surface area contributed by atoms with Crippen molar-refractivity contribution >= 4 is 11.4 Å². The number of rotatable bonds is 3. The van der Waals surface area contributed by atoms with Gasteiger partial charge in [-0.2, -0.15) is 0 Å². The molecule has 1 aromatic carbocycles. The summed E-state index contributed by atoms with van der Waals surface area (Å²) in [6.07, 6.45) is 5.31. The largest absolute Gasteiger partial charge is 0.378 e. The Bertz CT molecular complexity index is 412. The van der Waals surface area contributed by atoms with Crippen molar-refractivity contribution in [2.75, 3.05) is 30.9 Å². The molecule has 0 saturated carbocycles. The normalized spacial score (nSPS) is 29.6. The SMILES string of the molecule is CNC1CC2CCC(C1)N2c1ccc(N(C)C)cc1. The number of hydrogen-bond acceptors (Lipinski definition) is 3. The first-order valence-corrected chi connectivity index (χ1v) is 7.42. The number of anilines is 2. The fourth-order valence-electron chi connectivity index (χ4n) is 3.76. The fourth-order valence-corrected chi connectivity index (χ4v) is 3.76. The van der Waals surface area contributed by atoms with Crippen LogP contribution >= 0.6 is 0 Å². The lowest BCUT2D eigenvalue weighted by molar-refractivity contribution is 0.374. The second-order valence-corrected chi connectivity index (χ2v) is 6.16. The maximum atomic E-state index is 3.47. The van der Waals surface area contributed by atoms with Crippen molar-refractivity contribution in [3.05, 3.63) is 24.3 Å². The van der Waals surface area contributed by atoms with Gasteiger partial charge in [-0.15, -0.1) is 0 Å². The first-order valence-electron chi connectivity index (χ1n) is 7.42. The number of nitrogens with zero attached hydrogens (tertiary/aromatic N) is 2. The Kier molecular flexibility index (Phi) is 3.40. The number of nitrogens with one attached hydrogen (secondary N) is 1. The average molecular weight is 259 g/mol. The lowest BCUT2D eigenvalue weighted by atomic mass is 9.96. The zero-order chi connectivity index (χ0) is 13.4. The van der Waals surface area contributed by atoms with Crippen LogP contribution < -0.4 is 15.1 Å². The van der Waals surface area contributed by atoms with Crippen molar-refractivity contribution in [3.8, 4) is 0 Å². The molecule has 2 saturated heterocycles. The van der Waals surface area contributed by atoms with E-state index in [1.54, 1.807) is 0 Å². The van der Waals surface area contributed by atoms with Crippen LogP contribution in [0, 0.1) is 0 Å². The van der Waals surface area contributed by atoms with Crippen molar-refractivity contribution in [1.82, 2.24) is 5.32 Å². The van der Waals surface area contributed by atoms with Crippen molar-refractivity contribution < 1.29 is 0 Å². The maximum absolute atomic E-state index is 3.47. The Hall–Kier alpha value is -1.22. The van der Waals surface area contributed by atoms with Crippen LogP contribution in [0.15, 0.2) is 24.3 Å². The monoisotopic (exact) mass is 259 g/mol. The number of benzene rings is 1. The summed E-state index contributed by atoms with van der Waals surface area (Å²) in [6, 6.07) is 11.2. The molecular formula is C16H25N3. The Morgan fingerprint density at radius 1 is 1.05 bits per heavy atom. The standard InChI is InChI=1S/C16H25N3/c1-17-12-10-15-8-9-16(11-12)19(15)14-6-4-13(5-7-14)18(2)3/h4-7,12,15-17H,8-11H2,1-3H3. The van der Waals surface area contributed by atoms with Crippen LogP contribution in [0.2, 0.25) is 0 Å². The quantitative estimate of drug-likeness (QED) is 0.899. The zero-order valence-corrected chi connectivity index (χ0v) is 12.3. The lowest BCUT2D eigenvalue weighted by Gasteiger charge is -2.40. The predicted octanol–water partition coefficient (Wildman–Crippen LogP) is 2.47. The van der Waals surface area contributed by atoms with E-state index in [2.05, 4.69) is 60.5 Å². The van der Waals surface area contributed by atoms with Crippen LogP contribution in [0.3, 0.4) is 0 Å². The molecule has 3 rings (SSSR count). The Morgan fingerprint density at radius 2 is 1.63 bits per heavy atom. The van der Waals surface area contributed by atoms with Crippen LogP contribution in [-0.4, -0.2) is 39.3 Å². The summed E-state index contributed by atoms with van der Waals surface area (Å²) >= 11 is 0. The summed E-state index contributed by atoms with van der Waals surface area (Å²) in [5.41, 5.74) is 2.69. The molecule has 3 heteroatoms. The van der Waals surface area contributed by atoms with Crippen molar-refractivity contribution in [2.24, 2.45) is 0 Å². The van der Waals surface area contributed by atoms with Crippen LogP contribution in [0.1, 0.15) is 25.7 Å². The molecule has 2 heterocycles. The minimum absolute atomic E-state index is 0.717. The highest BCUT2D eigenvalue weighted by atomic mass is 15.2. The lowest BCUT2D eigenvalue weighted by Crippen LogP contribution is -2.48. The minimum Gasteiger partial charge on any atom is -0.378 e. The third-order valence-electron chi connectivity index (χ3n) is 4.81. The van der Waals surface area contributed by atoms with Crippen molar-refractivity contribution in [2.45, 2.75) is 43.8 Å². The van der Waals surface area contributed by atoms with Crippen LogP contribution in [-0.2, 0) is 0 Å². The topological polar surface area (TPSA) is 18.5 Å². The first-order chi connectivity index (χ1) is 9.19. The summed E-state index contributed by atoms with van der Waals surface area (Å²) in [6.45, 7) is 0. The van der Waals surface area contributed by atoms with Gasteiger partial charge in [0.15, 0.2) is 0 Å².